The maximum atomic E-state index is 13.3. The van der Waals surface area contributed by atoms with Crippen LogP contribution in [-0.4, -0.2) is 25.0 Å². The molecule has 0 aliphatic carbocycles. The number of carbonyl (C=O) groups is 3. The quantitative estimate of drug-likeness (QED) is 0.172. The number of nitrogens with one attached hydrogen (secondary N) is 1. The van der Waals surface area contributed by atoms with Gasteiger partial charge in [0.1, 0.15) is 12.2 Å². The monoisotopic (exact) mass is 614 g/mol. The number of rotatable bonds is 8. The molecule has 1 N–H and O–H groups in total. The van der Waals surface area contributed by atoms with Gasteiger partial charge < -0.3 is 9.47 Å². The summed E-state index contributed by atoms with van der Waals surface area (Å²) in [6.45, 7) is 4.01. The molecule has 1 heterocycles. The van der Waals surface area contributed by atoms with Gasteiger partial charge >= 0.3 is 6.03 Å². The molecule has 0 radical (unpaired) electrons. The predicted octanol–water partition coefficient (Wildman–Crippen LogP) is 6.74. The lowest BCUT2D eigenvalue weighted by Crippen LogP contribution is -2.54. The summed E-state index contributed by atoms with van der Waals surface area (Å²) < 4.78 is 12.4. The molecule has 10 heteroatoms. The SMILES string of the molecule is C=CCc1cc(/C=C2\C(=O)NC(=O)N(c3ccc(Br)cc3)C2=O)cc(OC)c1OCc1ccc(Cl)c(Cl)c1. The first-order valence-electron chi connectivity index (χ1n) is 11.3. The number of hydrogen-bond donors (Lipinski definition) is 1. The van der Waals surface area contributed by atoms with Crippen LogP contribution >= 0.6 is 39.1 Å². The van der Waals surface area contributed by atoms with Crippen LogP contribution < -0.4 is 19.7 Å². The van der Waals surface area contributed by atoms with E-state index in [4.69, 9.17) is 32.7 Å². The largest absolute Gasteiger partial charge is 0.493 e. The topological polar surface area (TPSA) is 84.9 Å². The Morgan fingerprint density at radius 1 is 1.03 bits per heavy atom. The Hall–Kier alpha value is -3.59. The second kappa shape index (κ2) is 11.9. The zero-order chi connectivity index (χ0) is 27.4. The van der Waals surface area contributed by atoms with Crippen LogP contribution in [0.5, 0.6) is 11.5 Å². The highest BCUT2D eigenvalue weighted by Crippen LogP contribution is 2.36. The Kier molecular flexibility index (Phi) is 8.56. The van der Waals surface area contributed by atoms with E-state index in [0.29, 0.717) is 39.2 Å². The average Bonchev–Trinajstić information content (AvgIpc) is 2.88. The number of halogens is 3. The molecular formula is C28H21BrCl2N2O5. The summed E-state index contributed by atoms with van der Waals surface area (Å²) in [6.07, 6.45) is 3.53. The number of nitrogens with zero attached hydrogens (tertiary/aromatic N) is 1. The third kappa shape index (κ3) is 5.93. The van der Waals surface area contributed by atoms with Gasteiger partial charge in [0, 0.05) is 10.0 Å². The van der Waals surface area contributed by atoms with Gasteiger partial charge in [-0.1, -0.05) is 51.3 Å². The first-order chi connectivity index (χ1) is 18.2. The molecule has 1 saturated heterocycles. The summed E-state index contributed by atoms with van der Waals surface area (Å²) in [6, 6.07) is 14.4. The molecule has 4 rings (SSSR count). The lowest BCUT2D eigenvalue weighted by Gasteiger charge is -2.26. The standard InChI is InChI=1S/C28H21BrCl2N2O5/c1-3-4-18-11-17(14-24(37-2)25(18)38-15-16-5-10-22(30)23(31)13-16)12-21-26(34)32-28(36)33(27(21)35)20-8-6-19(29)7-9-20/h3,5-14H,1,4,15H2,2H3,(H,32,34,36)/b21-12+. The van der Waals surface area contributed by atoms with Crippen LogP contribution in [0.25, 0.3) is 6.08 Å². The summed E-state index contributed by atoms with van der Waals surface area (Å²) in [5.41, 5.74) is 2.15. The van der Waals surface area contributed by atoms with E-state index in [-0.39, 0.29) is 12.2 Å². The van der Waals surface area contributed by atoms with Crippen LogP contribution in [-0.2, 0) is 22.6 Å². The van der Waals surface area contributed by atoms with E-state index in [1.165, 1.54) is 13.2 Å². The van der Waals surface area contributed by atoms with Crippen LogP contribution in [0.1, 0.15) is 16.7 Å². The molecule has 1 aliphatic rings. The number of urea groups is 1. The van der Waals surface area contributed by atoms with Gasteiger partial charge in [-0.2, -0.15) is 0 Å². The van der Waals surface area contributed by atoms with Crippen molar-refractivity contribution >= 4 is 68.7 Å². The van der Waals surface area contributed by atoms with Crippen molar-refractivity contribution in [1.82, 2.24) is 5.32 Å². The summed E-state index contributed by atoms with van der Waals surface area (Å²) in [7, 11) is 1.49. The van der Waals surface area contributed by atoms with E-state index in [1.807, 2.05) is 0 Å². The molecule has 0 spiro atoms. The fourth-order valence-corrected chi connectivity index (χ4v) is 4.41. The fourth-order valence-electron chi connectivity index (χ4n) is 3.82. The Morgan fingerprint density at radius 2 is 1.76 bits per heavy atom. The van der Waals surface area contributed by atoms with E-state index < -0.39 is 17.8 Å². The molecule has 4 amide bonds. The number of carbonyl (C=O) groups excluding carboxylic acids is 3. The number of allylic oxidation sites excluding steroid dienone is 1. The third-order valence-electron chi connectivity index (χ3n) is 5.60. The van der Waals surface area contributed by atoms with Crippen molar-refractivity contribution in [1.29, 1.82) is 0 Å². The van der Waals surface area contributed by atoms with Gasteiger partial charge in [-0.25, -0.2) is 9.69 Å². The molecule has 0 saturated carbocycles. The van der Waals surface area contributed by atoms with Gasteiger partial charge in [-0.05, 0) is 72.2 Å². The van der Waals surface area contributed by atoms with Crippen LogP contribution in [0.3, 0.4) is 0 Å². The van der Waals surface area contributed by atoms with E-state index in [2.05, 4.69) is 27.8 Å². The number of hydrogen-bond acceptors (Lipinski definition) is 5. The van der Waals surface area contributed by atoms with Crippen LogP contribution in [0.4, 0.5) is 10.5 Å². The summed E-state index contributed by atoms with van der Waals surface area (Å²) in [5, 5.41) is 3.08. The Bertz CT molecular complexity index is 1470. The lowest BCUT2D eigenvalue weighted by atomic mass is 10.0. The van der Waals surface area contributed by atoms with Crippen molar-refractivity contribution in [2.75, 3.05) is 12.0 Å². The number of methoxy groups -OCH3 is 1. The van der Waals surface area contributed by atoms with Crippen molar-refractivity contribution in [3.8, 4) is 11.5 Å². The van der Waals surface area contributed by atoms with Crippen molar-refractivity contribution in [2.45, 2.75) is 13.0 Å². The molecule has 0 atom stereocenters. The minimum atomic E-state index is -0.824. The van der Waals surface area contributed by atoms with Gasteiger partial charge in [0.2, 0.25) is 0 Å². The summed E-state index contributed by atoms with van der Waals surface area (Å²) in [4.78, 5) is 39.3. The Balaban J connectivity index is 1.69. The predicted molar refractivity (Wildman–Crippen MR) is 151 cm³/mol. The second-order valence-corrected chi connectivity index (χ2v) is 9.91. The van der Waals surface area contributed by atoms with Crippen molar-refractivity contribution < 1.29 is 23.9 Å². The fraction of sp³-hybridized carbons (Fsp3) is 0.107. The molecule has 0 unspecified atom stereocenters. The van der Waals surface area contributed by atoms with E-state index in [0.717, 1.165) is 20.5 Å². The Morgan fingerprint density at radius 3 is 2.42 bits per heavy atom. The molecule has 0 aromatic heterocycles. The average molecular weight is 616 g/mol. The van der Waals surface area contributed by atoms with Crippen molar-refractivity contribution in [3.05, 3.63) is 104 Å². The minimum absolute atomic E-state index is 0.197. The highest BCUT2D eigenvalue weighted by Gasteiger charge is 2.36. The van der Waals surface area contributed by atoms with Gasteiger partial charge in [0.15, 0.2) is 11.5 Å². The summed E-state index contributed by atoms with van der Waals surface area (Å²) in [5.74, 6) is -0.671. The lowest BCUT2D eigenvalue weighted by molar-refractivity contribution is -0.122. The van der Waals surface area contributed by atoms with E-state index in [9.17, 15) is 14.4 Å². The maximum Gasteiger partial charge on any atom is 0.335 e. The molecule has 3 aromatic carbocycles. The van der Waals surface area contributed by atoms with Gasteiger partial charge in [0.25, 0.3) is 11.8 Å². The number of barbiturate groups is 1. The maximum absolute atomic E-state index is 13.3. The molecule has 1 aliphatic heterocycles. The molecule has 3 aromatic rings. The van der Waals surface area contributed by atoms with Gasteiger partial charge in [0.05, 0.1) is 22.8 Å². The number of benzene rings is 3. The molecule has 194 valence electrons. The normalized spacial score (nSPS) is 14.5. The first kappa shape index (κ1) is 27.4. The molecular weight excluding hydrogens is 595 g/mol. The molecule has 38 heavy (non-hydrogen) atoms. The number of amides is 4. The second-order valence-electron chi connectivity index (χ2n) is 8.18. The van der Waals surface area contributed by atoms with Crippen LogP contribution in [0, 0.1) is 0 Å². The van der Waals surface area contributed by atoms with Crippen molar-refractivity contribution in [2.24, 2.45) is 0 Å². The van der Waals surface area contributed by atoms with Gasteiger partial charge in [-0.15, -0.1) is 6.58 Å². The number of imide groups is 2. The summed E-state index contributed by atoms with van der Waals surface area (Å²) >= 11 is 15.4. The van der Waals surface area contributed by atoms with Crippen LogP contribution in [0.15, 0.2) is 77.3 Å². The first-order valence-corrected chi connectivity index (χ1v) is 12.8. The van der Waals surface area contributed by atoms with E-state index >= 15 is 0 Å². The Labute approximate surface area is 237 Å². The highest BCUT2D eigenvalue weighted by atomic mass is 79.9. The zero-order valence-corrected chi connectivity index (χ0v) is 23.2. The third-order valence-corrected chi connectivity index (χ3v) is 6.87. The van der Waals surface area contributed by atoms with Gasteiger partial charge in [-0.3, -0.25) is 14.9 Å². The van der Waals surface area contributed by atoms with Crippen LogP contribution in [0.2, 0.25) is 10.0 Å². The molecule has 7 nitrogen and oxygen atoms in total. The smallest absolute Gasteiger partial charge is 0.335 e. The zero-order valence-electron chi connectivity index (χ0n) is 20.1. The highest BCUT2D eigenvalue weighted by molar-refractivity contribution is 9.10. The molecule has 1 fully saturated rings. The number of anilines is 1. The van der Waals surface area contributed by atoms with Crippen molar-refractivity contribution in [3.63, 3.8) is 0 Å². The minimum Gasteiger partial charge on any atom is -0.493 e. The number of ether oxygens (including phenoxy) is 2. The van der Waals surface area contributed by atoms with E-state index in [1.54, 1.807) is 60.7 Å². The molecule has 0 bridgehead atoms.